The smallest absolute Gasteiger partial charge is 0.329 e. The number of aromatic nitrogens is 1. The predicted octanol–water partition coefficient (Wildman–Crippen LogP) is 0.662. The van der Waals surface area contributed by atoms with Gasteiger partial charge in [0.15, 0.2) is 0 Å². The molecule has 0 saturated heterocycles. The first-order valence-corrected chi connectivity index (χ1v) is 3.83. The highest BCUT2D eigenvalue weighted by Gasteiger charge is 1.97. The summed E-state index contributed by atoms with van der Waals surface area (Å²) in [7, 11) is 0. The number of H-pyrrole nitrogens is 1. The summed E-state index contributed by atoms with van der Waals surface area (Å²) in [4.78, 5) is 29.9. The van der Waals surface area contributed by atoms with E-state index in [4.69, 9.17) is 9.59 Å². The molecular weight excluding hydrogens is 170 g/mol. The average Bonchev–Trinajstić information content (AvgIpc) is 2.06. The highest BCUT2D eigenvalue weighted by Crippen LogP contribution is 1.99. The average molecular weight is 181 g/mol. The quantitative estimate of drug-likeness (QED) is 0.692. The molecule has 13 heavy (non-hydrogen) atoms. The van der Waals surface area contributed by atoms with Gasteiger partial charge in [0.1, 0.15) is 0 Å². The molecule has 1 rings (SSSR count). The van der Waals surface area contributed by atoms with Crippen LogP contribution in [-0.4, -0.2) is 11.1 Å². The van der Waals surface area contributed by atoms with Gasteiger partial charge in [0.05, 0.1) is 0 Å². The molecule has 0 aliphatic rings. The summed E-state index contributed by atoms with van der Waals surface area (Å²) < 4.78 is 0. The second-order valence-corrected chi connectivity index (χ2v) is 2.41. The number of pyridine rings is 1. The number of aryl methyl sites for hydroxylation is 1. The first-order chi connectivity index (χ1) is 6.17. The van der Waals surface area contributed by atoms with E-state index in [0.29, 0.717) is 0 Å². The number of nitrogens with one attached hydrogen (secondary N) is 1. The van der Waals surface area contributed by atoms with Gasteiger partial charge in [-0.2, -0.15) is 9.59 Å². The number of aromatic amines is 1. The molecule has 1 aromatic rings. The standard InChI is InChI=1S/C8H11NO.CO2/c1-3-7-6(2)4-5-9-8(7)10;2-1-3/h4-5H,3H2,1-2H3,(H,9,10);. The molecule has 70 valence electrons. The van der Waals surface area contributed by atoms with Crippen molar-refractivity contribution >= 4 is 6.15 Å². The van der Waals surface area contributed by atoms with Crippen molar-refractivity contribution in [3.63, 3.8) is 0 Å². The van der Waals surface area contributed by atoms with Gasteiger partial charge in [-0.15, -0.1) is 0 Å². The van der Waals surface area contributed by atoms with Crippen LogP contribution in [0, 0.1) is 6.92 Å². The summed E-state index contributed by atoms with van der Waals surface area (Å²) in [5, 5.41) is 0. The molecule has 0 saturated carbocycles. The fourth-order valence-corrected chi connectivity index (χ4v) is 1.05. The predicted molar refractivity (Wildman–Crippen MR) is 46.2 cm³/mol. The fourth-order valence-electron chi connectivity index (χ4n) is 1.05. The van der Waals surface area contributed by atoms with E-state index in [9.17, 15) is 4.79 Å². The highest BCUT2D eigenvalue weighted by atomic mass is 16.2. The molecule has 0 amide bonds. The Bertz CT molecular complexity index is 348. The van der Waals surface area contributed by atoms with Crippen LogP contribution in [-0.2, 0) is 16.0 Å². The van der Waals surface area contributed by atoms with Crippen molar-refractivity contribution < 1.29 is 9.59 Å². The van der Waals surface area contributed by atoms with Crippen LogP contribution >= 0.6 is 0 Å². The fraction of sp³-hybridized carbons (Fsp3) is 0.333. The molecule has 1 aromatic heterocycles. The van der Waals surface area contributed by atoms with Crippen LogP contribution in [0.1, 0.15) is 18.1 Å². The van der Waals surface area contributed by atoms with Gasteiger partial charge >= 0.3 is 6.15 Å². The maximum absolute atomic E-state index is 11.0. The van der Waals surface area contributed by atoms with Crippen LogP contribution < -0.4 is 5.56 Å². The van der Waals surface area contributed by atoms with E-state index >= 15 is 0 Å². The first kappa shape index (κ1) is 11.3. The Morgan fingerprint density at radius 1 is 1.46 bits per heavy atom. The van der Waals surface area contributed by atoms with Gasteiger partial charge in [-0.1, -0.05) is 6.92 Å². The molecule has 0 atom stereocenters. The Labute approximate surface area is 75.6 Å². The van der Waals surface area contributed by atoms with Crippen molar-refractivity contribution in [1.82, 2.24) is 4.98 Å². The normalized spacial score (nSPS) is 8.15. The van der Waals surface area contributed by atoms with Crippen LogP contribution in [0.3, 0.4) is 0 Å². The maximum Gasteiger partial charge on any atom is 0.373 e. The molecule has 1 N–H and O–H groups in total. The van der Waals surface area contributed by atoms with Crippen molar-refractivity contribution in [3.8, 4) is 0 Å². The monoisotopic (exact) mass is 181 g/mol. The highest BCUT2D eigenvalue weighted by molar-refractivity contribution is 5.21. The Kier molecular flexibility index (Phi) is 5.15. The van der Waals surface area contributed by atoms with Crippen molar-refractivity contribution in [2.24, 2.45) is 0 Å². The van der Waals surface area contributed by atoms with Crippen molar-refractivity contribution in [3.05, 3.63) is 33.7 Å². The summed E-state index contributed by atoms with van der Waals surface area (Å²) in [5.74, 6) is 0. The zero-order valence-corrected chi connectivity index (χ0v) is 7.59. The Morgan fingerprint density at radius 3 is 2.31 bits per heavy atom. The zero-order chi connectivity index (χ0) is 10.3. The molecule has 0 radical (unpaired) electrons. The minimum absolute atomic E-state index is 0.0440. The third kappa shape index (κ3) is 3.49. The molecule has 0 aliphatic carbocycles. The summed E-state index contributed by atoms with van der Waals surface area (Å²) in [6.07, 6.45) is 2.73. The van der Waals surface area contributed by atoms with Crippen LogP contribution in [0.4, 0.5) is 0 Å². The summed E-state index contributed by atoms with van der Waals surface area (Å²) in [6, 6.07) is 1.92. The number of hydrogen-bond donors (Lipinski definition) is 1. The van der Waals surface area contributed by atoms with Crippen molar-refractivity contribution in [1.29, 1.82) is 0 Å². The molecule has 0 aromatic carbocycles. The largest absolute Gasteiger partial charge is 0.373 e. The van der Waals surface area contributed by atoms with Crippen molar-refractivity contribution in [2.45, 2.75) is 20.3 Å². The Balaban J connectivity index is 0.000000424. The van der Waals surface area contributed by atoms with E-state index in [-0.39, 0.29) is 11.7 Å². The minimum atomic E-state index is 0.0440. The zero-order valence-electron chi connectivity index (χ0n) is 7.59. The minimum Gasteiger partial charge on any atom is -0.329 e. The summed E-state index contributed by atoms with van der Waals surface area (Å²) in [6.45, 7) is 3.94. The second-order valence-electron chi connectivity index (χ2n) is 2.41. The van der Waals surface area contributed by atoms with E-state index in [2.05, 4.69) is 4.98 Å². The van der Waals surface area contributed by atoms with Gasteiger partial charge in [-0.25, -0.2) is 0 Å². The number of hydrogen-bond acceptors (Lipinski definition) is 3. The lowest BCUT2D eigenvalue weighted by Gasteiger charge is -1.97. The van der Waals surface area contributed by atoms with Gasteiger partial charge in [0.25, 0.3) is 5.56 Å². The van der Waals surface area contributed by atoms with Crippen molar-refractivity contribution in [2.75, 3.05) is 0 Å². The molecule has 0 spiro atoms. The van der Waals surface area contributed by atoms with E-state index in [1.165, 1.54) is 0 Å². The summed E-state index contributed by atoms with van der Waals surface area (Å²) in [5.41, 5.74) is 2.01. The molecule has 0 bridgehead atoms. The third-order valence-corrected chi connectivity index (χ3v) is 1.65. The Morgan fingerprint density at radius 2 is 2.00 bits per heavy atom. The molecule has 0 fully saturated rings. The van der Waals surface area contributed by atoms with Gasteiger partial charge in [0, 0.05) is 11.8 Å². The topological polar surface area (TPSA) is 67.0 Å². The van der Waals surface area contributed by atoms with E-state index in [0.717, 1.165) is 17.5 Å². The van der Waals surface area contributed by atoms with E-state index < -0.39 is 0 Å². The molecule has 4 nitrogen and oxygen atoms in total. The van der Waals surface area contributed by atoms with Crippen LogP contribution in [0.2, 0.25) is 0 Å². The molecular formula is C9H11NO3. The lowest BCUT2D eigenvalue weighted by Crippen LogP contribution is -2.12. The van der Waals surface area contributed by atoms with Crippen LogP contribution in [0.25, 0.3) is 0 Å². The lowest BCUT2D eigenvalue weighted by molar-refractivity contribution is -0.191. The lowest BCUT2D eigenvalue weighted by atomic mass is 10.1. The molecule has 0 unspecified atom stereocenters. The molecule has 0 aliphatic heterocycles. The van der Waals surface area contributed by atoms with Gasteiger partial charge < -0.3 is 4.98 Å². The van der Waals surface area contributed by atoms with Gasteiger partial charge in [-0.3, -0.25) is 4.79 Å². The number of carbonyl (C=O) groups excluding carboxylic acids is 2. The SMILES string of the molecule is CCc1c(C)cc[nH]c1=O.O=C=O. The van der Waals surface area contributed by atoms with Gasteiger partial charge in [-0.05, 0) is 25.0 Å². The maximum atomic E-state index is 11.0. The second kappa shape index (κ2) is 5.91. The summed E-state index contributed by atoms with van der Waals surface area (Å²) >= 11 is 0. The Hall–Kier alpha value is -1.67. The van der Waals surface area contributed by atoms with E-state index in [1.807, 2.05) is 19.9 Å². The molecule has 4 heteroatoms. The van der Waals surface area contributed by atoms with Crippen LogP contribution in [0.5, 0.6) is 0 Å². The first-order valence-electron chi connectivity index (χ1n) is 3.83. The third-order valence-electron chi connectivity index (χ3n) is 1.65. The van der Waals surface area contributed by atoms with Gasteiger partial charge in [0.2, 0.25) is 0 Å². The number of rotatable bonds is 1. The van der Waals surface area contributed by atoms with Crippen LogP contribution in [0.15, 0.2) is 17.1 Å². The van der Waals surface area contributed by atoms with E-state index in [1.54, 1.807) is 6.20 Å². The molecule has 1 heterocycles.